The van der Waals surface area contributed by atoms with Crippen molar-refractivity contribution < 1.29 is 0 Å². The number of rotatable bonds is 6. The number of hydrogen-bond acceptors (Lipinski definition) is 1. The van der Waals surface area contributed by atoms with E-state index in [9.17, 15) is 0 Å². The standard InChI is InChI=1S/C47H33NS/c1-2-3-15-37-38-18-10-17-35(31-11-5-4-6-12-31)47(38)49-44(37)29-30-20-26-43-40(28-30)36-16-7-8-19-41(36)48(43)42-27-24-34-22-21-32-13-9-14-33-23-25-39(42)46(34)45(32)33/h3-28H,2,29H2,1H3. The first-order valence-electron chi connectivity index (χ1n) is 17.2. The molecule has 0 amide bonds. The first-order valence-corrected chi connectivity index (χ1v) is 18.0. The first-order chi connectivity index (χ1) is 24.3. The quantitative estimate of drug-likeness (QED) is 0.159. The lowest BCUT2D eigenvalue weighted by molar-refractivity contribution is 1.19. The van der Waals surface area contributed by atoms with Gasteiger partial charge >= 0.3 is 0 Å². The van der Waals surface area contributed by atoms with Gasteiger partial charge in [0.2, 0.25) is 0 Å². The highest BCUT2D eigenvalue weighted by Gasteiger charge is 2.19. The van der Waals surface area contributed by atoms with Crippen molar-refractivity contribution in [3.63, 3.8) is 0 Å². The van der Waals surface area contributed by atoms with Gasteiger partial charge in [-0.05, 0) is 79.9 Å². The summed E-state index contributed by atoms with van der Waals surface area (Å²) >= 11 is 1.95. The van der Waals surface area contributed by atoms with E-state index in [0.717, 1.165) is 12.8 Å². The molecule has 10 rings (SSSR count). The summed E-state index contributed by atoms with van der Waals surface area (Å²) in [5.74, 6) is 0. The molecule has 49 heavy (non-hydrogen) atoms. The Labute approximate surface area is 289 Å². The maximum atomic E-state index is 2.49. The molecule has 0 saturated heterocycles. The zero-order valence-electron chi connectivity index (χ0n) is 27.3. The number of benzene rings is 8. The van der Waals surface area contributed by atoms with E-state index in [4.69, 9.17) is 0 Å². The van der Waals surface area contributed by atoms with Crippen LogP contribution in [-0.4, -0.2) is 4.57 Å². The van der Waals surface area contributed by atoms with Crippen LogP contribution < -0.4 is 0 Å². The van der Waals surface area contributed by atoms with Crippen LogP contribution in [0.15, 0.2) is 152 Å². The van der Waals surface area contributed by atoms with Gasteiger partial charge in [-0.15, -0.1) is 11.3 Å². The fraction of sp³-hybridized carbons (Fsp3) is 0.0638. The summed E-state index contributed by atoms with van der Waals surface area (Å²) in [6, 6.07) is 54.0. The van der Waals surface area contributed by atoms with Crippen molar-refractivity contribution in [2.24, 2.45) is 0 Å². The number of nitrogens with zero attached hydrogens (tertiary/aromatic N) is 1. The normalized spacial score (nSPS) is 12.3. The SMILES string of the molecule is CCC=Cc1c(Cc2ccc3c(c2)c2ccccc2n3-c2ccc3ccc4cccc5ccc2c3c45)sc2c(-c3ccccc3)cccc12. The second kappa shape index (κ2) is 11.2. The summed E-state index contributed by atoms with van der Waals surface area (Å²) in [5.41, 5.74) is 9.00. The molecule has 1 nitrogen and oxygen atoms in total. The molecule has 2 aromatic heterocycles. The van der Waals surface area contributed by atoms with E-state index < -0.39 is 0 Å². The Morgan fingerprint density at radius 2 is 1.29 bits per heavy atom. The molecule has 0 atom stereocenters. The van der Waals surface area contributed by atoms with Gasteiger partial charge in [-0.2, -0.15) is 0 Å². The van der Waals surface area contributed by atoms with E-state index in [0.29, 0.717) is 0 Å². The number of fused-ring (bicyclic) bond motifs is 4. The maximum absolute atomic E-state index is 2.49. The number of thiophene rings is 1. The van der Waals surface area contributed by atoms with Crippen molar-refractivity contribution in [3.05, 3.63) is 168 Å². The van der Waals surface area contributed by atoms with Crippen LogP contribution in [0.4, 0.5) is 0 Å². The van der Waals surface area contributed by atoms with E-state index in [2.05, 4.69) is 169 Å². The number of allylic oxidation sites excluding steroid dienone is 1. The summed E-state index contributed by atoms with van der Waals surface area (Å²) in [5, 5.41) is 11.8. The highest BCUT2D eigenvalue weighted by molar-refractivity contribution is 7.20. The zero-order valence-corrected chi connectivity index (χ0v) is 28.1. The van der Waals surface area contributed by atoms with Crippen molar-refractivity contribution in [1.29, 1.82) is 0 Å². The third-order valence-corrected chi connectivity index (χ3v) is 11.5. The van der Waals surface area contributed by atoms with Crippen molar-refractivity contribution in [3.8, 4) is 16.8 Å². The second-order valence-electron chi connectivity index (χ2n) is 13.1. The van der Waals surface area contributed by atoms with Crippen molar-refractivity contribution in [1.82, 2.24) is 4.57 Å². The third-order valence-electron chi connectivity index (χ3n) is 10.3. The van der Waals surface area contributed by atoms with Gasteiger partial charge in [-0.25, -0.2) is 0 Å². The summed E-state index contributed by atoms with van der Waals surface area (Å²) in [6.45, 7) is 2.21. The summed E-state index contributed by atoms with van der Waals surface area (Å²) < 4.78 is 3.85. The number of aromatic nitrogens is 1. The minimum Gasteiger partial charge on any atom is -0.309 e. The maximum Gasteiger partial charge on any atom is 0.0541 e. The Kier molecular flexibility index (Phi) is 6.47. The van der Waals surface area contributed by atoms with Crippen LogP contribution in [0.2, 0.25) is 0 Å². The molecule has 0 aliphatic rings. The molecule has 8 aromatic carbocycles. The third kappa shape index (κ3) is 4.38. The van der Waals surface area contributed by atoms with Gasteiger partial charge in [0.25, 0.3) is 0 Å². The lowest BCUT2D eigenvalue weighted by Gasteiger charge is -2.16. The van der Waals surface area contributed by atoms with Gasteiger partial charge in [0.1, 0.15) is 0 Å². The molecule has 0 radical (unpaired) electrons. The Hall–Kier alpha value is -5.70. The number of para-hydroxylation sites is 1. The molecular weight excluding hydrogens is 611 g/mol. The average Bonchev–Trinajstić information content (AvgIpc) is 3.67. The molecule has 0 spiro atoms. The van der Waals surface area contributed by atoms with Crippen molar-refractivity contribution in [2.45, 2.75) is 19.8 Å². The monoisotopic (exact) mass is 643 g/mol. The van der Waals surface area contributed by atoms with Gasteiger partial charge in [-0.1, -0.05) is 140 Å². The Balaban J connectivity index is 1.16. The van der Waals surface area contributed by atoms with Crippen LogP contribution in [0.5, 0.6) is 0 Å². The minimum atomic E-state index is 0.894. The molecule has 0 N–H and O–H groups in total. The molecule has 10 aromatic rings. The first kappa shape index (κ1) is 28.3. The van der Waals surface area contributed by atoms with Gasteiger partial charge < -0.3 is 4.57 Å². The molecule has 0 aliphatic carbocycles. The van der Waals surface area contributed by atoms with Crippen LogP contribution >= 0.6 is 11.3 Å². The highest BCUT2D eigenvalue weighted by Crippen LogP contribution is 2.42. The van der Waals surface area contributed by atoms with E-state index in [1.54, 1.807) is 0 Å². The lowest BCUT2D eigenvalue weighted by atomic mass is 9.93. The van der Waals surface area contributed by atoms with Crippen LogP contribution in [0.3, 0.4) is 0 Å². The molecular formula is C47H33NS. The Morgan fingerprint density at radius 1 is 0.571 bits per heavy atom. The predicted octanol–water partition coefficient (Wildman–Crippen LogP) is 13.6. The minimum absolute atomic E-state index is 0.894. The van der Waals surface area contributed by atoms with Crippen molar-refractivity contribution >= 4 is 81.6 Å². The molecule has 2 heterocycles. The van der Waals surface area contributed by atoms with E-state index in [-0.39, 0.29) is 0 Å². The molecule has 0 saturated carbocycles. The van der Waals surface area contributed by atoms with Crippen molar-refractivity contribution in [2.75, 3.05) is 0 Å². The van der Waals surface area contributed by atoms with Gasteiger partial charge in [-0.3, -0.25) is 0 Å². The number of hydrogen-bond donors (Lipinski definition) is 0. The van der Waals surface area contributed by atoms with E-state index in [1.165, 1.54) is 97.0 Å². The lowest BCUT2D eigenvalue weighted by Crippen LogP contribution is -1.96. The molecule has 0 aliphatic heterocycles. The second-order valence-corrected chi connectivity index (χ2v) is 14.2. The van der Waals surface area contributed by atoms with Crippen LogP contribution in [0, 0.1) is 0 Å². The summed E-state index contributed by atoms with van der Waals surface area (Å²) in [7, 11) is 0. The van der Waals surface area contributed by atoms with E-state index in [1.807, 2.05) is 11.3 Å². The van der Waals surface area contributed by atoms with Gasteiger partial charge in [0.15, 0.2) is 0 Å². The molecule has 0 bridgehead atoms. The highest BCUT2D eigenvalue weighted by atomic mass is 32.1. The zero-order chi connectivity index (χ0) is 32.5. The molecule has 0 unspecified atom stereocenters. The van der Waals surface area contributed by atoms with Gasteiger partial charge in [0.05, 0.1) is 16.7 Å². The fourth-order valence-corrected chi connectivity index (χ4v) is 9.43. The van der Waals surface area contributed by atoms with Gasteiger partial charge in [0, 0.05) is 37.5 Å². The average molecular weight is 644 g/mol. The largest absolute Gasteiger partial charge is 0.309 e. The van der Waals surface area contributed by atoms with E-state index >= 15 is 0 Å². The molecule has 0 fully saturated rings. The topological polar surface area (TPSA) is 4.93 Å². The van der Waals surface area contributed by atoms with Crippen LogP contribution in [0.1, 0.15) is 29.3 Å². The Bertz CT molecular complexity index is 2870. The smallest absolute Gasteiger partial charge is 0.0541 e. The molecule has 232 valence electrons. The van der Waals surface area contributed by atoms with Crippen LogP contribution in [-0.2, 0) is 6.42 Å². The summed E-state index contributed by atoms with van der Waals surface area (Å²) in [4.78, 5) is 1.41. The molecule has 2 heteroatoms. The van der Waals surface area contributed by atoms with Crippen LogP contribution in [0.25, 0.3) is 87.1 Å². The predicted molar refractivity (Wildman–Crippen MR) is 214 cm³/mol. The summed E-state index contributed by atoms with van der Waals surface area (Å²) in [6.07, 6.45) is 6.56. The Morgan fingerprint density at radius 3 is 2.14 bits per heavy atom. The fourth-order valence-electron chi connectivity index (χ4n) is 8.07.